The van der Waals surface area contributed by atoms with Crippen LogP contribution in [0.3, 0.4) is 0 Å². The molecule has 1 N–H and O–H groups in total. The van der Waals surface area contributed by atoms with Crippen molar-refractivity contribution in [3.8, 4) is 17.2 Å². The third-order valence-corrected chi connectivity index (χ3v) is 6.71. The van der Waals surface area contributed by atoms with E-state index >= 15 is 0 Å². The van der Waals surface area contributed by atoms with Gasteiger partial charge in [0.05, 0.1) is 34.6 Å². The molecule has 2 heterocycles. The summed E-state index contributed by atoms with van der Waals surface area (Å²) in [6, 6.07) is 3.06. The van der Waals surface area contributed by atoms with Crippen molar-refractivity contribution in [1.29, 1.82) is 0 Å². The summed E-state index contributed by atoms with van der Waals surface area (Å²) in [5, 5.41) is 7.95. The highest BCUT2D eigenvalue weighted by Gasteiger charge is 2.70. The minimum absolute atomic E-state index is 0.0515. The maximum atomic E-state index is 12.7. The zero-order chi connectivity index (χ0) is 23.4. The molecule has 0 saturated heterocycles. The maximum absolute atomic E-state index is 12.7. The zero-order valence-corrected chi connectivity index (χ0v) is 18.5. The summed E-state index contributed by atoms with van der Waals surface area (Å²) in [7, 11) is 0. The highest BCUT2D eigenvalue weighted by atomic mass is 35.5. The van der Waals surface area contributed by atoms with E-state index in [1.54, 1.807) is 16.9 Å². The molecule has 3 saturated carbocycles. The van der Waals surface area contributed by atoms with Crippen LogP contribution in [-0.4, -0.2) is 53.5 Å². The number of hydrogen-bond acceptors (Lipinski definition) is 6. The molecule has 8 nitrogen and oxygen atoms in total. The second-order valence-electron chi connectivity index (χ2n) is 8.42. The van der Waals surface area contributed by atoms with E-state index < -0.39 is 19.1 Å². The Balaban J connectivity index is 1.11. The monoisotopic (exact) mass is 507 g/mol. The van der Waals surface area contributed by atoms with Crippen molar-refractivity contribution >= 4 is 29.1 Å². The number of hydrogen-bond donors (Lipinski definition) is 1. The van der Waals surface area contributed by atoms with Crippen LogP contribution in [0.5, 0.6) is 17.2 Å². The lowest BCUT2D eigenvalue weighted by atomic mass is 9.44. The molecule has 6 rings (SSSR count). The highest BCUT2D eigenvalue weighted by molar-refractivity contribution is 6.42. The van der Waals surface area contributed by atoms with E-state index in [2.05, 4.69) is 15.2 Å². The van der Waals surface area contributed by atoms with E-state index in [1.807, 2.05) is 0 Å². The summed E-state index contributed by atoms with van der Waals surface area (Å²) in [5.41, 5.74) is -0.579. The van der Waals surface area contributed by atoms with Crippen LogP contribution in [0.15, 0.2) is 24.5 Å². The van der Waals surface area contributed by atoms with Crippen LogP contribution in [0.4, 0.5) is 13.2 Å². The summed E-state index contributed by atoms with van der Waals surface area (Å²) < 4.78 is 58.0. The van der Waals surface area contributed by atoms with E-state index in [0.29, 0.717) is 46.6 Å². The van der Waals surface area contributed by atoms with Crippen LogP contribution in [-0.2, 0) is 15.1 Å². The quantitative estimate of drug-likeness (QED) is 0.575. The average Bonchev–Trinajstić information content (AvgIpc) is 3.15. The standard InChI is InChI=1S/C20H18Cl2F3N3O5/c21-12-3-14-15(4-13(12)22)33-16(7-31-14)17(29)27-18-8-19(9-18,10-18)28-6-11(5-26-28)30-1-2-32-20(23,24)25/h3-6,16H,1-2,7-10H2,(H,27,29). The van der Waals surface area contributed by atoms with Crippen molar-refractivity contribution in [2.24, 2.45) is 0 Å². The van der Waals surface area contributed by atoms with Gasteiger partial charge >= 0.3 is 6.36 Å². The SMILES string of the molecule is O=C(NC12CC(n3cc(OCCOC(F)(F)F)cn3)(C1)C2)C1COc2cc(Cl)c(Cl)cc2O1. The van der Waals surface area contributed by atoms with Crippen LogP contribution in [0.25, 0.3) is 0 Å². The molecule has 1 amide bonds. The van der Waals surface area contributed by atoms with Crippen LogP contribution < -0.4 is 19.5 Å². The molecule has 1 aromatic heterocycles. The number of carbonyl (C=O) groups excluding carboxylic acids is 1. The normalized spacial score (nSPS) is 27.4. The van der Waals surface area contributed by atoms with Gasteiger partial charge in [-0.05, 0) is 19.3 Å². The predicted molar refractivity (Wildman–Crippen MR) is 109 cm³/mol. The number of carbonyl (C=O) groups is 1. The van der Waals surface area contributed by atoms with Crippen molar-refractivity contribution in [1.82, 2.24) is 15.1 Å². The van der Waals surface area contributed by atoms with Gasteiger partial charge in [0, 0.05) is 17.7 Å². The van der Waals surface area contributed by atoms with E-state index in [1.165, 1.54) is 12.3 Å². The van der Waals surface area contributed by atoms with Gasteiger partial charge < -0.3 is 19.5 Å². The topological polar surface area (TPSA) is 83.8 Å². The summed E-state index contributed by atoms with van der Waals surface area (Å²) in [6.07, 6.45) is -0.384. The Morgan fingerprint density at radius 2 is 1.91 bits per heavy atom. The first-order chi connectivity index (χ1) is 15.6. The lowest BCUT2D eigenvalue weighted by Crippen LogP contribution is -2.79. The van der Waals surface area contributed by atoms with Crippen molar-refractivity contribution in [2.45, 2.75) is 42.8 Å². The van der Waals surface area contributed by atoms with E-state index in [4.69, 9.17) is 37.4 Å². The Kier molecular flexibility index (Phi) is 5.33. The van der Waals surface area contributed by atoms with Gasteiger partial charge in [-0.15, -0.1) is 13.2 Å². The molecule has 1 atom stereocenters. The Morgan fingerprint density at radius 1 is 1.21 bits per heavy atom. The molecule has 2 bridgehead atoms. The van der Waals surface area contributed by atoms with Crippen molar-refractivity contribution < 1.29 is 36.9 Å². The number of ether oxygens (including phenoxy) is 4. The van der Waals surface area contributed by atoms with Gasteiger partial charge in [0.2, 0.25) is 6.10 Å². The van der Waals surface area contributed by atoms with Gasteiger partial charge in [0.1, 0.15) is 13.2 Å². The number of alkyl halides is 3. The van der Waals surface area contributed by atoms with Crippen molar-refractivity contribution in [3.63, 3.8) is 0 Å². The van der Waals surface area contributed by atoms with Gasteiger partial charge in [-0.1, -0.05) is 23.2 Å². The van der Waals surface area contributed by atoms with Gasteiger partial charge in [0.25, 0.3) is 5.91 Å². The molecule has 2 aromatic rings. The van der Waals surface area contributed by atoms with Crippen LogP contribution in [0.1, 0.15) is 19.3 Å². The molecule has 0 spiro atoms. The Bertz CT molecular complexity index is 1070. The summed E-state index contributed by atoms with van der Waals surface area (Å²) >= 11 is 12.0. The zero-order valence-electron chi connectivity index (χ0n) is 17.0. The summed E-state index contributed by atoms with van der Waals surface area (Å²) in [4.78, 5) is 12.7. The molecule has 4 aliphatic rings. The maximum Gasteiger partial charge on any atom is 0.522 e. The number of fused-ring (bicyclic) bond motifs is 1. The van der Waals surface area contributed by atoms with Gasteiger partial charge in [-0.3, -0.25) is 14.2 Å². The molecule has 3 aliphatic carbocycles. The second-order valence-corrected chi connectivity index (χ2v) is 9.23. The van der Waals surface area contributed by atoms with E-state index in [0.717, 1.165) is 0 Å². The second kappa shape index (κ2) is 7.85. The van der Waals surface area contributed by atoms with Crippen molar-refractivity contribution in [2.75, 3.05) is 19.8 Å². The van der Waals surface area contributed by atoms with Gasteiger partial charge in [0.15, 0.2) is 17.2 Å². The molecule has 1 unspecified atom stereocenters. The molecule has 0 radical (unpaired) electrons. The first-order valence-electron chi connectivity index (χ1n) is 10.1. The fourth-order valence-corrected chi connectivity index (χ4v) is 4.91. The fourth-order valence-electron chi connectivity index (χ4n) is 4.61. The van der Waals surface area contributed by atoms with Crippen LogP contribution in [0, 0.1) is 0 Å². The molecule has 1 aliphatic heterocycles. The first kappa shape index (κ1) is 22.4. The molecule has 178 valence electrons. The number of halogens is 5. The fraction of sp³-hybridized carbons (Fsp3) is 0.500. The number of amides is 1. The predicted octanol–water partition coefficient (Wildman–Crippen LogP) is 3.69. The number of nitrogens with zero attached hydrogens (tertiary/aromatic N) is 2. The smallest absolute Gasteiger partial charge is 0.488 e. The van der Waals surface area contributed by atoms with Gasteiger partial charge in [-0.25, -0.2) is 0 Å². The Hall–Kier alpha value is -2.37. The van der Waals surface area contributed by atoms with E-state index in [9.17, 15) is 18.0 Å². The molecule has 3 fully saturated rings. The molecule has 13 heteroatoms. The lowest BCUT2D eigenvalue weighted by Gasteiger charge is -2.70. The molecular weight excluding hydrogens is 490 g/mol. The summed E-state index contributed by atoms with van der Waals surface area (Å²) in [6.45, 7) is -0.802. The van der Waals surface area contributed by atoms with Crippen LogP contribution in [0.2, 0.25) is 10.0 Å². The molecule has 1 aromatic carbocycles. The third kappa shape index (κ3) is 4.29. The Labute approximate surface area is 195 Å². The van der Waals surface area contributed by atoms with Crippen LogP contribution >= 0.6 is 23.2 Å². The van der Waals surface area contributed by atoms with E-state index in [-0.39, 0.29) is 30.2 Å². The third-order valence-electron chi connectivity index (χ3n) is 5.99. The lowest BCUT2D eigenvalue weighted by molar-refractivity contribution is -0.325. The number of rotatable bonds is 7. The minimum Gasteiger partial charge on any atom is -0.488 e. The highest BCUT2D eigenvalue weighted by Crippen LogP contribution is 2.65. The first-order valence-corrected chi connectivity index (χ1v) is 10.8. The number of nitrogens with one attached hydrogen (secondary N) is 1. The van der Waals surface area contributed by atoms with Gasteiger partial charge in [-0.2, -0.15) is 5.10 Å². The molecular formula is C20H18Cl2F3N3O5. The largest absolute Gasteiger partial charge is 0.522 e. The molecule has 33 heavy (non-hydrogen) atoms. The summed E-state index contributed by atoms with van der Waals surface area (Å²) in [5.74, 6) is 0.858. The number of benzene rings is 1. The minimum atomic E-state index is -4.68. The number of aromatic nitrogens is 2. The van der Waals surface area contributed by atoms with Crippen molar-refractivity contribution in [3.05, 3.63) is 34.6 Å². The average molecular weight is 508 g/mol. The Morgan fingerprint density at radius 3 is 2.61 bits per heavy atom.